The number of amides is 1. The number of hydrogen-bond acceptors (Lipinski definition) is 4. The van der Waals surface area contributed by atoms with Crippen molar-refractivity contribution in [1.29, 1.82) is 0 Å². The zero-order valence-corrected chi connectivity index (χ0v) is 11.9. The number of primary sulfonamides is 1. The van der Waals surface area contributed by atoms with Gasteiger partial charge in [-0.25, -0.2) is 13.6 Å². The molecule has 106 valence electrons. The van der Waals surface area contributed by atoms with Crippen molar-refractivity contribution in [2.75, 3.05) is 20.3 Å². The summed E-state index contributed by atoms with van der Waals surface area (Å²) >= 11 is 5.86. The molecule has 1 rings (SSSR count). The molecule has 0 spiro atoms. The van der Waals surface area contributed by atoms with Gasteiger partial charge in [-0.3, -0.25) is 4.79 Å². The van der Waals surface area contributed by atoms with Crippen LogP contribution in [0.2, 0.25) is 5.02 Å². The minimum Gasteiger partial charge on any atom is -0.385 e. The third kappa shape index (κ3) is 4.79. The highest BCUT2D eigenvalue weighted by Gasteiger charge is 2.15. The summed E-state index contributed by atoms with van der Waals surface area (Å²) in [6.07, 6.45) is 0.648. The summed E-state index contributed by atoms with van der Waals surface area (Å²) in [6, 6.07) is 3.73. The third-order valence-electron chi connectivity index (χ3n) is 2.32. The maximum absolute atomic E-state index is 11.8. The van der Waals surface area contributed by atoms with Gasteiger partial charge in [0, 0.05) is 20.3 Å². The van der Waals surface area contributed by atoms with Crippen LogP contribution in [-0.2, 0) is 14.8 Å². The summed E-state index contributed by atoms with van der Waals surface area (Å²) in [4.78, 5) is 11.7. The van der Waals surface area contributed by atoms with E-state index in [9.17, 15) is 13.2 Å². The van der Waals surface area contributed by atoms with Crippen LogP contribution in [0.15, 0.2) is 23.1 Å². The number of rotatable bonds is 6. The number of ether oxygens (including phenoxy) is 1. The molecule has 0 aromatic heterocycles. The Labute approximate surface area is 116 Å². The molecule has 0 saturated carbocycles. The Morgan fingerprint density at radius 3 is 2.74 bits per heavy atom. The van der Waals surface area contributed by atoms with Gasteiger partial charge >= 0.3 is 0 Å². The minimum absolute atomic E-state index is 0.0746. The van der Waals surface area contributed by atoms with Crippen molar-refractivity contribution in [3.05, 3.63) is 28.8 Å². The summed E-state index contributed by atoms with van der Waals surface area (Å²) < 4.78 is 27.3. The smallest absolute Gasteiger partial charge is 0.252 e. The zero-order valence-electron chi connectivity index (χ0n) is 10.3. The van der Waals surface area contributed by atoms with Gasteiger partial charge in [-0.05, 0) is 24.6 Å². The number of carbonyl (C=O) groups excluding carboxylic acids is 1. The molecule has 0 bridgehead atoms. The van der Waals surface area contributed by atoms with Gasteiger partial charge in [-0.15, -0.1) is 0 Å². The van der Waals surface area contributed by atoms with Crippen molar-refractivity contribution >= 4 is 27.5 Å². The zero-order chi connectivity index (χ0) is 14.5. The average molecular weight is 307 g/mol. The van der Waals surface area contributed by atoms with E-state index in [0.717, 1.165) is 6.07 Å². The van der Waals surface area contributed by atoms with Crippen LogP contribution in [0.3, 0.4) is 0 Å². The van der Waals surface area contributed by atoms with Gasteiger partial charge in [0.05, 0.1) is 15.5 Å². The molecule has 6 nitrogen and oxygen atoms in total. The highest BCUT2D eigenvalue weighted by atomic mass is 35.5. The second-order valence-corrected chi connectivity index (χ2v) is 5.76. The van der Waals surface area contributed by atoms with Crippen LogP contribution in [0.4, 0.5) is 0 Å². The molecule has 1 amide bonds. The van der Waals surface area contributed by atoms with Crippen molar-refractivity contribution in [1.82, 2.24) is 5.32 Å². The van der Waals surface area contributed by atoms with E-state index in [0.29, 0.717) is 19.6 Å². The van der Waals surface area contributed by atoms with E-state index in [1.807, 2.05) is 0 Å². The van der Waals surface area contributed by atoms with E-state index in [1.54, 1.807) is 7.11 Å². The predicted molar refractivity (Wildman–Crippen MR) is 71.7 cm³/mol. The third-order valence-corrected chi connectivity index (χ3v) is 3.56. The van der Waals surface area contributed by atoms with Crippen molar-refractivity contribution < 1.29 is 17.9 Å². The Kier molecular flexibility index (Phi) is 5.74. The maximum Gasteiger partial charge on any atom is 0.252 e. The molecular formula is C11H15ClN2O4S. The van der Waals surface area contributed by atoms with Gasteiger partial charge in [0.2, 0.25) is 10.0 Å². The first-order valence-electron chi connectivity index (χ1n) is 5.45. The molecular weight excluding hydrogens is 292 g/mol. The van der Waals surface area contributed by atoms with Crippen LogP contribution >= 0.6 is 11.6 Å². The SMILES string of the molecule is COCCCNC(=O)c1cc(S(N)(=O)=O)ccc1Cl. The van der Waals surface area contributed by atoms with E-state index in [2.05, 4.69) is 5.32 Å². The Morgan fingerprint density at radius 2 is 2.16 bits per heavy atom. The lowest BCUT2D eigenvalue weighted by Crippen LogP contribution is -2.26. The van der Waals surface area contributed by atoms with Crippen LogP contribution in [0.25, 0.3) is 0 Å². The van der Waals surface area contributed by atoms with Crippen molar-refractivity contribution in [2.45, 2.75) is 11.3 Å². The molecule has 0 saturated heterocycles. The van der Waals surface area contributed by atoms with E-state index in [-0.39, 0.29) is 15.5 Å². The highest BCUT2D eigenvalue weighted by Crippen LogP contribution is 2.19. The molecule has 0 aliphatic carbocycles. The number of benzene rings is 1. The van der Waals surface area contributed by atoms with Gasteiger partial charge < -0.3 is 10.1 Å². The van der Waals surface area contributed by atoms with Crippen molar-refractivity contribution in [3.8, 4) is 0 Å². The Bertz CT molecular complexity index is 560. The Balaban J connectivity index is 2.84. The predicted octanol–water partition coefficient (Wildman–Crippen LogP) is 0.754. The number of halogens is 1. The minimum atomic E-state index is -3.86. The maximum atomic E-state index is 11.8. The molecule has 19 heavy (non-hydrogen) atoms. The number of nitrogens with one attached hydrogen (secondary N) is 1. The van der Waals surface area contributed by atoms with Crippen LogP contribution in [0.1, 0.15) is 16.8 Å². The van der Waals surface area contributed by atoms with E-state index in [4.69, 9.17) is 21.5 Å². The van der Waals surface area contributed by atoms with Crippen LogP contribution < -0.4 is 10.5 Å². The summed E-state index contributed by atoms with van der Waals surface area (Å²) in [5, 5.41) is 7.77. The summed E-state index contributed by atoms with van der Waals surface area (Å²) in [6.45, 7) is 0.924. The molecule has 1 aromatic rings. The van der Waals surface area contributed by atoms with Crippen molar-refractivity contribution in [2.24, 2.45) is 5.14 Å². The number of nitrogens with two attached hydrogens (primary N) is 1. The fourth-order valence-electron chi connectivity index (χ4n) is 1.37. The largest absolute Gasteiger partial charge is 0.385 e. The average Bonchev–Trinajstić information content (AvgIpc) is 2.33. The molecule has 8 heteroatoms. The number of sulfonamides is 1. The lowest BCUT2D eigenvalue weighted by atomic mass is 10.2. The first kappa shape index (κ1) is 15.9. The standard InChI is InChI=1S/C11H15ClN2O4S/c1-18-6-2-5-14-11(15)9-7-8(19(13,16)17)3-4-10(9)12/h3-4,7H,2,5-6H2,1H3,(H,14,15)(H2,13,16,17). The summed E-state index contributed by atoms with van der Waals surface area (Å²) in [5.41, 5.74) is 0.0746. The molecule has 0 unspecified atom stereocenters. The summed E-state index contributed by atoms with van der Waals surface area (Å²) in [5.74, 6) is -0.452. The summed E-state index contributed by atoms with van der Waals surface area (Å²) in [7, 11) is -2.30. The highest BCUT2D eigenvalue weighted by molar-refractivity contribution is 7.89. The Morgan fingerprint density at radius 1 is 1.47 bits per heavy atom. The monoisotopic (exact) mass is 306 g/mol. The molecule has 0 radical (unpaired) electrons. The van der Waals surface area contributed by atoms with Crippen LogP contribution in [0.5, 0.6) is 0 Å². The molecule has 0 aliphatic rings. The lowest BCUT2D eigenvalue weighted by Gasteiger charge is -2.08. The van der Waals surface area contributed by atoms with Gasteiger partial charge in [0.15, 0.2) is 0 Å². The van der Waals surface area contributed by atoms with Crippen molar-refractivity contribution in [3.63, 3.8) is 0 Å². The van der Waals surface area contributed by atoms with E-state index in [1.165, 1.54) is 12.1 Å². The second kappa shape index (κ2) is 6.85. The fourth-order valence-corrected chi connectivity index (χ4v) is 2.11. The first-order chi connectivity index (χ1) is 8.86. The van der Waals surface area contributed by atoms with Gasteiger partial charge in [0.25, 0.3) is 5.91 Å². The molecule has 0 atom stereocenters. The van der Waals surface area contributed by atoms with Crippen LogP contribution in [-0.4, -0.2) is 34.6 Å². The number of hydrogen-bond donors (Lipinski definition) is 2. The molecule has 0 heterocycles. The van der Waals surface area contributed by atoms with Gasteiger partial charge in [-0.1, -0.05) is 11.6 Å². The number of methoxy groups -OCH3 is 1. The van der Waals surface area contributed by atoms with Crippen LogP contribution in [0, 0.1) is 0 Å². The van der Waals surface area contributed by atoms with Gasteiger partial charge in [-0.2, -0.15) is 0 Å². The first-order valence-corrected chi connectivity index (χ1v) is 7.38. The Hall–Kier alpha value is -1.15. The lowest BCUT2D eigenvalue weighted by molar-refractivity contribution is 0.0948. The van der Waals surface area contributed by atoms with E-state index >= 15 is 0 Å². The van der Waals surface area contributed by atoms with E-state index < -0.39 is 15.9 Å². The number of carbonyl (C=O) groups is 1. The fraction of sp³-hybridized carbons (Fsp3) is 0.364. The van der Waals surface area contributed by atoms with Gasteiger partial charge in [0.1, 0.15) is 0 Å². The second-order valence-electron chi connectivity index (χ2n) is 3.79. The quantitative estimate of drug-likeness (QED) is 0.758. The molecule has 0 fully saturated rings. The normalized spacial score (nSPS) is 11.3. The molecule has 0 aliphatic heterocycles. The topological polar surface area (TPSA) is 98.5 Å². The molecule has 3 N–H and O–H groups in total. The molecule has 1 aromatic carbocycles.